The topological polar surface area (TPSA) is 0 Å². The number of hydrogen-bond donors (Lipinski definition) is 0. The third kappa shape index (κ3) is 8.24. The molecule has 0 N–H and O–H groups in total. The lowest BCUT2D eigenvalue weighted by Crippen LogP contribution is -1.93. The number of allylic oxidation sites excluding steroid dienone is 4. The maximum absolute atomic E-state index is 13.8. The van der Waals surface area contributed by atoms with Crippen molar-refractivity contribution in [1.29, 1.82) is 0 Å². The van der Waals surface area contributed by atoms with Crippen molar-refractivity contribution in [1.82, 2.24) is 0 Å². The van der Waals surface area contributed by atoms with Crippen LogP contribution >= 0.6 is 0 Å². The quantitative estimate of drug-likeness (QED) is 0.428. The molecule has 0 radical (unpaired) electrons. The monoisotopic (exact) mass is 334 g/mol. The fourth-order valence-electron chi connectivity index (χ4n) is 2.03. The Morgan fingerprint density at radius 3 is 1.62 bits per heavy atom. The molecule has 0 aliphatic rings. The lowest BCUT2D eigenvalue weighted by atomic mass is 10.0. The van der Waals surface area contributed by atoms with Gasteiger partial charge in [0.15, 0.2) is 11.7 Å². The molecule has 0 saturated carbocycles. The van der Waals surface area contributed by atoms with E-state index >= 15 is 0 Å². The molecule has 0 saturated heterocycles. The van der Waals surface area contributed by atoms with Gasteiger partial charge in [-0.3, -0.25) is 0 Å². The maximum atomic E-state index is 13.8. The Morgan fingerprint density at radius 2 is 1.21 bits per heavy atom. The predicted molar refractivity (Wildman–Crippen MR) is 103 cm³/mol. The van der Waals surface area contributed by atoms with E-state index in [9.17, 15) is 8.78 Å². The molecule has 0 bridgehead atoms. The van der Waals surface area contributed by atoms with Gasteiger partial charge in [0, 0.05) is 0 Å². The SMILES string of the molecule is C=C(CC)/C(F)=C(/F)C(=C)CCc1ccc(CCC)cc1.CCC. The van der Waals surface area contributed by atoms with Crippen molar-refractivity contribution in [3.63, 3.8) is 0 Å². The lowest BCUT2D eigenvalue weighted by Gasteiger charge is -2.07. The highest BCUT2D eigenvalue weighted by molar-refractivity contribution is 5.35. The molecule has 0 aliphatic carbocycles. The van der Waals surface area contributed by atoms with Crippen LogP contribution in [0.4, 0.5) is 8.78 Å². The van der Waals surface area contributed by atoms with Gasteiger partial charge in [0.25, 0.3) is 0 Å². The standard InChI is InChI=1S/C19H24F2.C3H8/c1-5-7-16-10-12-17(13-11-16)9-8-15(4)19(21)18(20)14(3)6-2;1-3-2/h10-13H,3-9H2,1-2H3;3H2,1-2H3/b19-18-;. The fraction of sp³-hybridized carbons (Fsp3) is 0.455. The molecule has 1 rings (SSSR count). The zero-order valence-corrected chi connectivity index (χ0v) is 15.7. The Kier molecular flexibility index (Phi) is 11.8. The molecular formula is C22H32F2. The Morgan fingerprint density at radius 1 is 0.792 bits per heavy atom. The Balaban J connectivity index is 0.00000163. The van der Waals surface area contributed by atoms with E-state index in [1.807, 2.05) is 12.1 Å². The molecule has 0 atom stereocenters. The smallest absolute Gasteiger partial charge is 0.161 e. The Labute approximate surface area is 147 Å². The van der Waals surface area contributed by atoms with Gasteiger partial charge in [0.05, 0.1) is 0 Å². The molecule has 1 aromatic rings. The van der Waals surface area contributed by atoms with Crippen molar-refractivity contribution in [2.24, 2.45) is 0 Å². The molecule has 24 heavy (non-hydrogen) atoms. The largest absolute Gasteiger partial charge is 0.203 e. The molecule has 1 aromatic carbocycles. The predicted octanol–water partition coefficient (Wildman–Crippen LogP) is 7.66. The van der Waals surface area contributed by atoms with Crippen LogP contribution in [0, 0.1) is 0 Å². The Bertz CT molecular complexity index is 536. The van der Waals surface area contributed by atoms with Gasteiger partial charge in [0.2, 0.25) is 0 Å². The number of halogens is 2. The minimum absolute atomic E-state index is 0.178. The van der Waals surface area contributed by atoms with Crippen molar-refractivity contribution in [2.45, 2.75) is 66.2 Å². The van der Waals surface area contributed by atoms with Crippen molar-refractivity contribution >= 4 is 0 Å². The first-order valence-electron chi connectivity index (χ1n) is 8.90. The van der Waals surface area contributed by atoms with E-state index in [4.69, 9.17) is 0 Å². The lowest BCUT2D eigenvalue weighted by molar-refractivity contribution is 0.546. The summed E-state index contributed by atoms with van der Waals surface area (Å²) in [5.41, 5.74) is 2.78. The Hall–Kier alpha value is -1.70. The number of rotatable bonds is 8. The number of hydrogen-bond acceptors (Lipinski definition) is 0. The first-order valence-corrected chi connectivity index (χ1v) is 8.90. The summed E-state index contributed by atoms with van der Waals surface area (Å²) >= 11 is 0. The second kappa shape index (κ2) is 12.7. The van der Waals surface area contributed by atoms with E-state index in [-0.39, 0.29) is 11.1 Å². The van der Waals surface area contributed by atoms with Crippen LogP contribution in [0.2, 0.25) is 0 Å². The fourth-order valence-corrected chi connectivity index (χ4v) is 2.03. The summed E-state index contributed by atoms with van der Waals surface area (Å²) in [4.78, 5) is 0. The average Bonchev–Trinajstić information content (AvgIpc) is 2.59. The van der Waals surface area contributed by atoms with Gasteiger partial charge in [-0.15, -0.1) is 0 Å². The third-order valence-electron chi connectivity index (χ3n) is 3.52. The third-order valence-corrected chi connectivity index (χ3v) is 3.52. The van der Waals surface area contributed by atoms with E-state index in [0.29, 0.717) is 19.3 Å². The summed E-state index contributed by atoms with van der Waals surface area (Å²) < 4.78 is 27.5. The number of aryl methyl sites for hydroxylation is 2. The van der Waals surface area contributed by atoms with Crippen molar-refractivity contribution in [2.75, 3.05) is 0 Å². The van der Waals surface area contributed by atoms with Gasteiger partial charge in [-0.2, -0.15) is 0 Å². The van der Waals surface area contributed by atoms with Gasteiger partial charge in [0.1, 0.15) is 0 Å². The van der Waals surface area contributed by atoms with E-state index < -0.39 is 11.7 Å². The highest BCUT2D eigenvalue weighted by Gasteiger charge is 2.12. The van der Waals surface area contributed by atoms with Gasteiger partial charge in [-0.1, -0.05) is 78.0 Å². The molecular weight excluding hydrogens is 302 g/mol. The minimum Gasteiger partial charge on any atom is -0.203 e. The average molecular weight is 334 g/mol. The van der Waals surface area contributed by atoms with Gasteiger partial charge in [-0.05, 0) is 48.0 Å². The molecule has 2 heteroatoms. The van der Waals surface area contributed by atoms with Crippen LogP contribution in [-0.2, 0) is 12.8 Å². The van der Waals surface area contributed by atoms with Crippen molar-refractivity contribution in [3.8, 4) is 0 Å². The molecule has 0 aromatic heterocycles. The zero-order valence-electron chi connectivity index (χ0n) is 15.7. The molecule has 0 amide bonds. The summed E-state index contributed by atoms with van der Waals surface area (Å²) in [6.07, 6.45) is 4.89. The number of benzene rings is 1. The van der Waals surface area contributed by atoms with Crippen molar-refractivity contribution < 1.29 is 8.78 Å². The molecule has 0 spiro atoms. The molecule has 0 heterocycles. The summed E-state index contributed by atoms with van der Waals surface area (Å²) in [6, 6.07) is 8.27. The summed E-state index contributed by atoms with van der Waals surface area (Å²) in [6.45, 7) is 15.3. The highest BCUT2D eigenvalue weighted by Crippen LogP contribution is 2.26. The second-order valence-electron chi connectivity index (χ2n) is 5.96. The van der Waals surface area contributed by atoms with E-state index in [1.54, 1.807) is 6.92 Å². The molecule has 134 valence electrons. The van der Waals surface area contributed by atoms with Crippen LogP contribution in [-0.4, -0.2) is 0 Å². The van der Waals surface area contributed by atoms with Crippen LogP contribution < -0.4 is 0 Å². The van der Waals surface area contributed by atoms with Crippen LogP contribution in [0.3, 0.4) is 0 Å². The summed E-state index contributed by atoms with van der Waals surface area (Å²) in [7, 11) is 0. The van der Waals surface area contributed by atoms with E-state index in [1.165, 1.54) is 12.0 Å². The summed E-state index contributed by atoms with van der Waals surface area (Å²) in [5.74, 6) is -1.72. The van der Waals surface area contributed by atoms with Crippen LogP contribution in [0.5, 0.6) is 0 Å². The molecule has 0 fully saturated rings. The molecule has 0 nitrogen and oxygen atoms in total. The summed E-state index contributed by atoms with van der Waals surface area (Å²) in [5, 5.41) is 0. The second-order valence-corrected chi connectivity index (χ2v) is 5.96. The van der Waals surface area contributed by atoms with Crippen LogP contribution in [0.1, 0.15) is 64.5 Å². The van der Waals surface area contributed by atoms with Crippen molar-refractivity contribution in [3.05, 3.63) is 71.4 Å². The molecule has 0 unspecified atom stereocenters. The van der Waals surface area contributed by atoms with Crippen LogP contribution in [0.15, 0.2) is 60.2 Å². The highest BCUT2D eigenvalue weighted by atomic mass is 19.2. The van der Waals surface area contributed by atoms with Gasteiger partial charge < -0.3 is 0 Å². The van der Waals surface area contributed by atoms with Gasteiger partial charge >= 0.3 is 0 Å². The first kappa shape index (κ1) is 22.3. The molecule has 0 aliphatic heterocycles. The van der Waals surface area contributed by atoms with Gasteiger partial charge in [-0.25, -0.2) is 8.78 Å². The van der Waals surface area contributed by atoms with E-state index in [0.717, 1.165) is 18.4 Å². The maximum Gasteiger partial charge on any atom is 0.161 e. The van der Waals surface area contributed by atoms with Crippen LogP contribution in [0.25, 0.3) is 0 Å². The van der Waals surface area contributed by atoms with E-state index in [2.05, 4.69) is 46.1 Å². The minimum atomic E-state index is -0.860. The zero-order chi connectivity index (χ0) is 18.5. The normalized spacial score (nSPS) is 11.2. The first-order chi connectivity index (χ1) is 11.4.